The molecule has 0 aromatic heterocycles. The summed E-state index contributed by atoms with van der Waals surface area (Å²) in [6, 6.07) is 0. The van der Waals surface area contributed by atoms with Crippen LogP contribution in [-0.4, -0.2) is 107 Å². The number of rotatable bonds is 9. The van der Waals surface area contributed by atoms with E-state index in [-0.39, 0.29) is 7.35 Å². The van der Waals surface area contributed by atoms with Crippen LogP contribution >= 0.6 is 0 Å². The lowest BCUT2D eigenvalue weighted by atomic mass is 11.8. The van der Waals surface area contributed by atoms with Gasteiger partial charge in [0.2, 0.25) is 0 Å². The molecule has 1 fully saturated rings. The van der Waals surface area contributed by atoms with Gasteiger partial charge in [-0.05, 0) is 0 Å². The van der Waals surface area contributed by atoms with E-state index >= 15 is 0 Å². The molecule has 0 atom stereocenters. The van der Waals surface area contributed by atoms with E-state index in [1.54, 1.807) is 0 Å². The lowest BCUT2D eigenvalue weighted by Gasteiger charge is -2.80. The van der Waals surface area contributed by atoms with E-state index < -0.39 is 100 Å². The van der Waals surface area contributed by atoms with Crippen LogP contribution in [0.15, 0.2) is 0 Å². The Bertz CT molecular complexity index is 1000. The van der Waals surface area contributed by atoms with Crippen molar-refractivity contribution in [3.05, 3.63) is 0 Å². The average Bonchev–Trinajstić information content (AvgIpc) is 2.64. The minimum absolute atomic E-state index is 0.366. The van der Waals surface area contributed by atoms with E-state index in [1.807, 2.05) is 0 Å². The molecule has 0 unspecified atom stereocenters. The maximum atomic E-state index is 3.29. The molecular formula is C29H87Si15. The van der Waals surface area contributed by atoms with Crippen molar-refractivity contribution in [1.82, 2.24) is 0 Å². The smallest absolute Gasteiger partial charge is 0.0315 e. The molecule has 1 heterocycles. The predicted molar refractivity (Wildman–Crippen MR) is 256 cm³/mol. The van der Waals surface area contributed by atoms with E-state index in [0.29, 0.717) is 0 Å². The van der Waals surface area contributed by atoms with Crippen LogP contribution in [0.1, 0.15) is 0 Å². The molecule has 0 aromatic rings. The van der Waals surface area contributed by atoms with Crippen molar-refractivity contribution in [3.8, 4) is 0 Å². The summed E-state index contributed by atoms with van der Waals surface area (Å²) in [4.78, 5) is 0. The molecule has 1 aliphatic heterocycles. The molecule has 15 heteroatoms. The Kier molecular flexibility index (Phi) is 12.0. The molecule has 0 nitrogen and oxygen atoms in total. The third-order valence-corrected chi connectivity index (χ3v) is 438. The summed E-state index contributed by atoms with van der Waals surface area (Å²) in [5, 5.41) is 0. The first kappa shape index (κ1) is 45.3. The summed E-state index contributed by atoms with van der Waals surface area (Å²) in [5.74, 6) is 0. The Balaban J connectivity index is 4.96. The summed E-state index contributed by atoms with van der Waals surface area (Å²) in [5.41, 5.74) is 0. The standard InChI is InChI=1S/C29H87Si15/c1-31(2,3)43(32(4,5)6,30-36(16,17)38(20,21)40(24,25)39(22,23)37(30,18)19)41(26,27)42(28,29)44(33(7,8)9,34(10,11)12)35(13,14)15/h1-29H3. The van der Waals surface area contributed by atoms with Crippen LogP contribution in [0.25, 0.3) is 0 Å². The van der Waals surface area contributed by atoms with Gasteiger partial charge in [-0.3, -0.25) is 0 Å². The molecule has 1 radical (unpaired) electrons. The Hall–Kier alpha value is 3.25. The second kappa shape index (κ2) is 11.6. The Morgan fingerprint density at radius 2 is 0.523 bits per heavy atom. The van der Waals surface area contributed by atoms with Crippen LogP contribution in [0.5, 0.6) is 0 Å². The van der Waals surface area contributed by atoms with Gasteiger partial charge in [-0.1, -0.05) is 190 Å². The SMILES string of the molecule is C[Si](C)(C)[Si]([Si]1[Si](C)(C)[Si](C)(C)[Si](C)(C)[Si](C)(C)[Si]1(C)C)([Si](C)(C)C)[Si](C)(C)[Si](C)(C)[Si]([Si](C)(C)C)([Si](C)(C)C)[Si](C)(C)C. The zero-order valence-corrected chi connectivity index (χ0v) is 51.5. The zero-order valence-electron chi connectivity index (χ0n) is 36.5. The molecule has 1 saturated heterocycles. The third kappa shape index (κ3) is 5.30. The Morgan fingerprint density at radius 3 is 0.705 bits per heavy atom. The fourth-order valence-corrected chi connectivity index (χ4v) is 844. The van der Waals surface area contributed by atoms with Crippen LogP contribution in [0, 0.1) is 0 Å². The topological polar surface area (TPSA) is 0 Å². The third-order valence-electron chi connectivity index (χ3n) is 16.9. The lowest BCUT2D eigenvalue weighted by molar-refractivity contribution is 1.72. The summed E-state index contributed by atoms with van der Waals surface area (Å²) < 4.78 is 0. The van der Waals surface area contributed by atoms with Crippen molar-refractivity contribution in [2.45, 2.75) is 190 Å². The molecule has 0 aromatic carbocycles. The first-order valence-corrected chi connectivity index (χ1v) is 77.2. The molecule has 0 amide bonds. The van der Waals surface area contributed by atoms with E-state index in [1.165, 1.54) is 0 Å². The maximum absolute atomic E-state index is 3.29. The summed E-state index contributed by atoms with van der Waals surface area (Å²) in [7, 11) is -17.4. The second-order valence-electron chi connectivity index (χ2n) is 24.5. The van der Waals surface area contributed by atoms with Crippen LogP contribution in [-0.2, 0) is 0 Å². The average molecular weight is 857 g/mol. The van der Waals surface area contributed by atoms with Gasteiger partial charge in [0.05, 0.1) is 0 Å². The maximum Gasteiger partial charge on any atom is 0.0315 e. The van der Waals surface area contributed by atoms with Gasteiger partial charge in [-0.25, -0.2) is 0 Å². The van der Waals surface area contributed by atoms with Crippen molar-refractivity contribution < 1.29 is 0 Å². The van der Waals surface area contributed by atoms with Crippen molar-refractivity contribution >= 4 is 107 Å². The fraction of sp³-hybridized carbons (Fsp3) is 1.00. The Labute approximate surface area is 294 Å². The van der Waals surface area contributed by atoms with Crippen molar-refractivity contribution in [1.29, 1.82) is 0 Å². The molecule has 0 spiro atoms. The van der Waals surface area contributed by atoms with Gasteiger partial charge in [-0.15, -0.1) is 0 Å². The van der Waals surface area contributed by atoms with Gasteiger partial charge in [0.25, 0.3) is 0 Å². The lowest BCUT2D eigenvalue weighted by Crippen LogP contribution is -3.11. The number of hydrogen-bond acceptors (Lipinski definition) is 0. The summed E-state index contributed by atoms with van der Waals surface area (Å²) >= 11 is 0. The van der Waals surface area contributed by atoms with Crippen LogP contribution in [0.4, 0.5) is 0 Å². The predicted octanol–water partition coefficient (Wildman–Crippen LogP) is 11.2. The van der Waals surface area contributed by atoms with Crippen molar-refractivity contribution in [2.75, 3.05) is 0 Å². The Morgan fingerprint density at radius 1 is 0.295 bits per heavy atom. The molecule has 0 bridgehead atoms. The van der Waals surface area contributed by atoms with Gasteiger partial charge in [-0.2, -0.15) is 0 Å². The highest BCUT2D eigenvalue weighted by Gasteiger charge is 2.85. The van der Waals surface area contributed by atoms with Gasteiger partial charge in [0.15, 0.2) is 0 Å². The van der Waals surface area contributed by atoms with E-state index in [0.717, 1.165) is 0 Å². The monoisotopic (exact) mass is 855 g/mol. The second-order valence-corrected chi connectivity index (χ2v) is 204. The first-order chi connectivity index (χ1) is 18.4. The fourth-order valence-electron chi connectivity index (χ4n) is 15.9. The molecule has 44 heavy (non-hydrogen) atoms. The molecule has 0 N–H and O–H groups in total. The normalized spacial score (nSPS) is 23.9. The van der Waals surface area contributed by atoms with Gasteiger partial charge < -0.3 is 0 Å². The molecule has 263 valence electrons. The van der Waals surface area contributed by atoms with Crippen LogP contribution < -0.4 is 0 Å². The molecule has 1 aliphatic rings. The van der Waals surface area contributed by atoms with Crippen LogP contribution in [0.2, 0.25) is 190 Å². The van der Waals surface area contributed by atoms with E-state index in [2.05, 4.69) is 190 Å². The summed E-state index contributed by atoms with van der Waals surface area (Å²) in [6.07, 6.45) is -3.13. The van der Waals surface area contributed by atoms with Gasteiger partial charge in [0.1, 0.15) is 0 Å². The van der Waals surface area contributed by atoms with E-state index in [9.17, 15) is 0 Å². The highest BCUT2D eigenvalue weighted by molar-refractivity contribution is 8.33. The van der Waals surface area contributed by atoms with Gasteiger partial charge >= 0.3 is 0 Å². The van der Waals surface area contributed by atoms with Gasteiger partial charge in [0, 0.05) is 107 Å². The quantitative estimate of drug-likeness (QED) is 0.203. The summed E-state index contributed by atoms with van der Waals surface area (Å²) in [6.45, 7) is 89.2. The van der Waals surface area contributed by atoms with Crippen molar-refractivity contribution in [2.24, 2.45) is 0 Å². The molecule has 1 rings (SSSR count). The van der Waals surface area contributed by atoms with Crippen molar-refractivity contribution in [3.63, 3.8) is 0 Å². The molecule has 0 aliphatic carbocycles. The van der Waals surface area contributed by atoms with Crippen LogP contribution in [0.3, 0.4) is 0 Å². The minimum Gasteiger partial charge on any atom is -0.0739 e. The minimum atomic E-state index is -1.64. The van der Waals surface area contributed by atoms with E-state index in [4.69, 9.17) is 0 Å². The zero-order chi connectivity index (χ0) is 36.6. The number of hydrogen-bond donors (Lipinski definition) is 0. The molecule has 0 saturated carbocycles. The largest absolute Gasteiger partial charge is 0.0739 e. The highest BCUT2D eigenvalue weighted by Crippen LogP contribution is 2.57. The highest BCUT2D eigenvalue weighted by atomic mass is 30.5. The first-order valence-electron chi connectivity index (χ1n) is 18.2. The molecular weight excluding hydrogens is 770 g/mol.